The highest BCUT2D eigenvalue weighted by Gasteiger charge is 2.12. The van der Waals surface area contributed by atoms with Crippen LogP contribution in [0.25, 0.3) is 0 Å². The van der Waals surface area contributed by atoms with Crippen molar-refractivity contribution in [1.82, 2.24) is 5.32 Å². The maximum atomic E-state index is 3.53. The molecular weight excluding hydrogens is 250 g/mol. The first-order valence-corrected chi connectivity index (χ1v) is 6.40. The van der Waals surface area contributed by atoms with Crippen LogP contribution in [0.5, 0.6) is 0 Å². The van der Waals surface area contributed by atoms with Gasteiger partial charge < -0.3 is 5.32 Å². The molecule has 84 valence electrons. The van der Waals surface area contributed by atoms with Gasteiger partial charge in [0.1, 0.15) is 0 Å². The monoisotopic (exact) mass is 269 g/mol. The van der Waals surface area contributed by atoms with Gasteiger partial charge in [0, 0.05) is 10.5 Å². The van der Waals surface area contributed by atoms with E-state index in [1.54, 1.807) is 0 Å². The Kier molecular flexibility index (Phi) is 5.34. The molecular formula is C13H20BrN. The number of nitrogens with one attached hydrogen (secondary N) is 1. The molecule has 0 saturated heterocycles. The van der Waals surface area contributed by atoms with Crippen LogP contribution in [0.15, 0.2) is 28.7 Å². The minimum Gasteiger partial charge on any atom is -0.314 e. The second-order valence-electron chi connectivity index (χ2n) is 4.24. The van der Waals surface area contributed by atoms with E-state index in [0.717, 1.165) is 17.4 Å². The second-order valence-corrected chi connectivity index (χ2v) is 5.15. The third-order valence-corrected chi connectivity index (χ3v) is 3.17. The largest absolute Gasteiger partial charge is 0.314 e. The van der Waals surface area contributed by atoms with E-state index in [2.05, 4.69) is 66.3 Å². The summed E-state index contributed by atoms with van der Waals surface area (Å²) >= 11 is 3.46. The van der Waals surface area contributed by atoms with Crippen LogP contribution in [0, 0.1) is 5.92 Å². The van der Waals surface area contributed by atoms with Crippen molar-refractivity contribution >= 4 is 15.9 Å². The van der Waals surface area contributed by atoms with E-state index in [9.17, 15) is 0 Å². The summed E-state index contributed by atoms with van der Waals surface area (Å²) in [4.78, 5) is 0. The fourth-order valence-electron chi connectivity index (χ4n) is 1.68. The summed E-state index contributed by atoms with van der Waals surface area (Å²) in [6.07, 6.45) is 1.11. The summed E-state index contributed by atoms with van der Waals surface area (Å²) < 4.78 is 1.15. The molecule has 1 aromatic rings. The van der Waals surface area contributed by atoms with Crippen LogP contribution in [0.3, 0.4) is 0 Å². The van der Waals surface area contributed by atoms with Gasteiger partial charge in [-0.25, -0.2) is 0 Å². The molecule has 2 heteroatoms. The lowest BCUT2D eigenvalue weighted by Gasteiger charge is -2.21. The molecule has 0 aliphatic rings. The summed E-state index contributed by atoms with van der Waals surface area (Å²) in [5.41, 5.74) is 1.40. The molecule has 1 unspecified atom stereocenters. The van der Waals surface area contributed by atoms with Crippen LogP contribution in [-0.2, 0) is 6.42 Å². The lowest BCUT2D eigenvalue weighted by atomic mass is 9.96. The lowest BCUT2D eigenvalue weighted by Crippen LogP contribution is -2.35. The number of halogens is 1. The van der Waals surface area contributed by atoms with Gasteiger partial charge in [0.2, 0.25) is 0 Å². The van der Waals surface area contributed by atoms with Crippen LogP contribution < -0.4 is 5.32 Å². The third-order valence-electron chi connectivity index (χ3n) is 2.64. The number of likely N-dealkylation sites (N-methyl/N-ethyl adjacent to an activating group) is 1. The number of hydrogen-bond donors (Lipinski definition) is 1. The minimum atomic E-state index is 0.580. The van der Waals surface area contributed by atoms with Crippen molar-refractivity contribution < 1.29 is 0 Å². The zero-order valence-corrected chi connectivity index (χ0v) is 11.3. The Hall–Kier alpha value is -0.340. The van der Waals surface area contributed by atoms with Gasteiger partial charge in [-0.05, 0) is 36.6 Å². The molecule has 0 fully saturated rings. The highest BCUT2D eigenvalue weighted by Crippen LogP contribution is 2.14. The van der Waals surface area contributed by atoms with E-state index < -0.39 is 0 Å². The van der Waals surface area contributed by atoms with Gasteiger partial charge in [-0.3, -0.25) is 0 Å². The molecule has 0 bridgehead atoms. The van der Waals surface area contributed by atoms with E-state index in [4.69, 9.17) is 0 Å². The fourth-order valence-corrected chi connectivity index (χ4v) is 1.94. The number of benzene rings is 1. The maximum absolute atomic E-state index is 3.53. The van der Waals surface area contributed by atoms with Gasteiger partial charge in [0.05, 0.1) is 0 Å². The molecule has 0 saturated carbocycles. The Labute approximate surface area is 101 Å². The van der Waals surface area contributed by atoms with E-state index in [0.29, 0.717) is 12.0 Å². The van der Waals surface area contributed by atoms with E-state index >= 15 is 0 Å². The van der Waals surface area contributed by atoms with Gasteiger partial charge in [-0.2, -0.15) is 0 Å². The smallest absolute Gasteiger partial charge is 0.0175 e. The zero-order valence-electron chi connectivity index (χ0n) is 9.76. The molecule has 0 spiro atoms. The molecule has 0 aromatic heterocycles. The summed E-state index contributed by atoms with van der Waals surface area (Å²) in [6.45, 7) is 7.74. The number of hydrogen-bond acceptors (Lipinski definition) is 1. The van der Waals surface area contributed by atoms with Crippen LogP contribution in [-0.4, -0.2) is 12.6 Å². The normalized spacial score (nSPS) is 13.1. The van der Waals surface area contributed by atoms with Crippen molar-refractivity contribution in [1.29, 1.82) is 0 Å². The van der Waals surface area contributed by atoms with Gasteiger partial charge in [0.15, 0.2) is 0 Å². The fraction of sp³-hybridized carbons (Fsp3) is 0.538. The Balaban J connectivity index is 2.61. The average Bonchev–Trinajstić information content (AvgIpc) is 2.20. The highest BCUT2D eigenvalue weighted by molar-refractivity contribution is 9.10. The minimum absolute atomic E-state index is 0.580. The molecule has 1 atom stereocenters. The van der Waals surface area contributed by atoms with E-state index in [-0.39, 0.29) is 0 Å². The molecule has 1 rings (SSSR count). The van der Waals surface area contributed by atoms with Crippen LogP contribution >= 0.6 is 15.9 Å². The van der Waals surface area contributed by atoms with Crippen LogP contribution in [0.2, 0.25) is 0 Å². The van der Waals surface area contributed by atoms with Crippen molar-refractivity contribution in [2.75, 3.05) is 6.54 Å². The Morgan fingerprint density at radius 3 is 2.27 bits per heavy atom. The van der Waals surface area contributed by atoms with Crippen molar-refractivity contribution in [3.05, 3.63) is 34.3 Å². The van der Waals surface area contributed by atoms with Crippen molar-refractivity contribution in [2.45, 2.75) is 33.2 Å². The first kappa shape index (κ1) is 12.7. The molecule has 1 N–H and O–H groups in total. The molecule has 0 aliphatic heterocycles. The SMILES string of the molecule is CCNC(Cc1ccc(Br)cc1)C(C)C. The topological polar surface area (TPSA) is 12.0 Å². The summed E-state index contributed by atoms with van der Waals surface area (Å²) in [5, 5.41) is 3.53. The Bertz CT molecular complexity index is 279. The van der Waals surface area contributed by atoms with Crippen molar-refractivity contribution in [2.24, 2.45) is 5.92 Å². The summed E-state index contributed by atoms with van der Waals surface area (Å²) in [7, 11) is 0. The van der Waals surface area contributed by atoms with Gasteiger partial charge in [-0.15, -0.1) is 0 Å². The molecule has 15 heavy (non-hydrogen) atoms. The standard InChI is InChI=1S/C13H20BrN/c1-4-15-13(10(2)3)9-11-5-7-12(14)8-6-11/h5-8,10,13,15H,4,9H2,1-3H3. The van der Waals surface area contributed by atoms with Crippen LogP contribution in [0.4, 0.5) is 0 Å². The quantitative estimate of drug-likeness (QED) is 0.861. The highest BCUT2D eigenvalue weighted by atomic mass is 79.9. The van der Waals surface area contributed by atoms with Crippen molar-refractivity contribution in [3.8, 4) is 0 Å². The molecule has 0 amide bonds. The predicted molar refractivity (Wildman–Crippen MR) is 70.1 cm³/mol. The second kappa shape index (κ2) is 6.29. The molecule has 0 radical (unpaired) electrons. The maximum Gasteiger partial charge on any atom is 0.0175 e. The van der Waals surface area contributed by atoms with Gasteiger partial charge in [-0.1, -0.05) is 48.8 Å². The predicted octanol–water partition coefficient (Wildman–Crippen LogP) is 3.63. The Morgan fingerprint density at radius 2 is 1.80 bits per heavy atom. The lowest BCUT2D eigenvalue weighted by molar-refractivity contribution is 0.405. The van der Waals surface area contributed by atoms with Crippen molar-refractivity contribution in [3.63, 3.8) is 0 Å². The van der Waals surface area contributed by atoms with E-state index in [1.165, 1.54) is 5.56 Å². The number of rotatable bonds is 5. The van der Waals surface area contributed by atoms with Gasteiger partial charge in [0.25, 0.3) is 0 Å². The summed E-state index contributed by atoms with van der Waals surface area (Å²) in [6, 6.07) is 9.18. The van der Waals surface area contributed by atoms with Gasteiger partial charge >= 0.3 is 0 Å². The zero-order chi connectivity index (χ0) is 11.3. The first-order chi connectivity index (χ1) is 7.13. The molecule has 0 heterocycles. The average molecular weight is 270 g/mol. The molecule has 0 aliphatic carbocycles. The van der Waals surface area contributed by atoms with E-state index in [1.807, 2.05) is 0 Å². The molecule has 1 nitrogen and oxygen atoms in total. The first-order valence-electron chi connectivity index (χ1n) is 5.61. The third kappa shape index (κ3) is 4.35. The summed E-state index contributed by atoms with van der Waals surface area (Å²) in [5.74, 6) is 0.675. The molecule has 1 aromatic carbocycles. The Morgan fingerprint density at radius 1 is 1.20 bits per heavy atom. The van der Waals surface area contributed by atoms with Crippen LogP contribution in [0.1, 0.15) is 26.3 Å².